The van der Waals surface area contributed by atoms with Gasteiger partial charge in [-0.1, -0.05) is 40.0 Å². The zero-order chi connectivity index (χ0) is 11.9. The van der Waals surface area contributed by atoms with Crippen molar-refractivity contribution >= 4 is 0 Å². The van der Waals surface area contributed by atoms with Crippen molar-refractivity contribution in [2.75, 3.05) is 19.8 Å². The average Bonchev–Trinajstić information content (AvgIpc) is 2.28. The zero-order valence-electron chi connectivity index (χ0n) is 11.3. The van der Waals surface area contributed by atoms with Gasteiger partial charge in [-0.2, -0.15) is 0 Å². The second-order valence-electron chi connectivity index (χ2n) is 5.92. The first-order valence-electron chi connectivity index (χ1n) is 6.95. The first-order valence-corrected chi connectivity index (χ1v) is 6.95. The smallest absolute Gasteiger partial charge is 0.0619 e. The summed E-state index contributed by atoms with van der Waals surface area (Å²) in [6, 6.07) is 0.596. The van der Waals surface area contributed by atoms with Crippen LogP contribution in [0.5, 0.6) is 0 Å². The number of ether oxygens (including phenoxy) is 1. The molecule has 0 radical (unpaired) electrons. The highest BCUT2D eigenvalue weighted by Crippen LogP contribution is 2.23. The quantitative estimate of drug-likeness (QED) is 0.673. The molecule has 96 valence electrons. The molecular formula is C14H29NO. The summed E-state index contributed by atoms with van der Waals surface area (Å²) in [6.45, 7) is 10.0. The van der Waals surface area contributed by atoms with E-state index in [2.05, 4.69) is 26.1 Å². The molecule has 1 fully saturated rings. The minimum Gasteiger partial charge on any atom is -0.380 e. The fourth-order valence-corrected chi connectivity index (χ4v) is 2.26. The van der Waals surface area contributed by atoms with Crippen molar-refractivity contribution in [2.24, 2.45) is 5.41 Å². The molecule has 0 aromatic heterocycles. The molecule has 1 atom stereocenters. The van der Waals surface area contributed by atoms with Gasteiger partial charge in [0.2, 0.25) is 0 Å². The van der Waals surface area contributed by atoms with E-state index in [1.54, 1.807) is 0 Å². The van der Waals surface area contributed by atoms with E-state index in [1.807, 2.05) is 0 Å². The third kappa shape index (κ3) is 5.86. The van der Waals surface area contributed by atoms with E-state index < -0.39 is 0 Å². The minimum absolute atomic E-state index is 0.437. The van der Waals surface area contributed by atoms with Crippen LogP contribution in [0, 0.1) is 5.41 Å². The lowest BCUT2D eigenvalue weighted by atomic mass is 9.86. The van der Waals surface area contributed by atoms with Crippen molar-refractivity contribution in [3.8, 4) is 0 Å². The van der Waals surface area contributed by atoms with Gasteiger partial charge in [-0.15, -0.1) is 0 Å². The van der Waals surface area contributed by atoms with Crippen molar-refractivity contribution in [1.82, 2.24) is 5.32 Å². The van der Waals surface area contributed by atoms with Crippen LogP contribution in [0.15, 0.2) is 0 Å². The molecule has 1 aliphatic heterocycles. The highest BCUT2D eigenvalue weighted by atomic mass is 16.5. The lowest BCUT2D eigenvalue weighted by molar-refractivity contribution is 0.0664. The van der Waals surface area contributed by atoms with Crippen LogP contribution in [0.2, 0.25) is 0 Å². The van der Waals surface area contributed by atoms with Crippen LogP contribution in [0.4, 0.5) is 0 Å². The standard InChI is InChI=1S/C14H29NO/c1-4-5-6-9-14(2,3)12-15-13-8-7-10-16-11-13/h13,15H,4-12H2,1-3H3. The van der Waals surface area contributed by atoms with Gasteiger partial charge < -0.3 is 10.1 Å². The Kier molecular flexibility index (Phi) is 6.37. The van der Waals surface area contributed by atoms with Crippen LogP contribution in [-0.2, 0) is 4.74 Å². The van der Waals surface area contributed by atoms with Crippen LogP contribution < -0.4 is 5.32 Å². The molecule has 0 aromatic rings. The molecule has 0 bridgehead atoms. The fraction of sp³-hybridized carbons (Fsp3) is 1.00. The highest BCUT2D eigenvalue weighted by molar-refractivity contribution is 4.77. The Hall–Kier alpha value is -0.0800. The molecule has 1 N–H and O–H groups in total. The minimum atomic E-state index is 0.437. The van der Waals surface area contributed by atoms with Crippen LogP contribution in [0.25, 0.3) is 0 Å². The Balaban J connectivity index is 2.13. The Labute approximate surface area is 101 Å². The van der Waals surface area contributed by atoms with Crippen molar-refractivity contribution in [3.05, 3.63) is 0 Å². The first-order chi connectivity index (χ1) is 7.64. The fourth-order valence-electron chi connectivity index (χ4n) is 2.26. The van der Waals surface area contributed by atoms with Crippen LogP contribution in [0.3, 0.4) is 0 Å². The predicted molar refractivity (Wildman–Crippen MR) is 69.8 cm³/mol. The van der Waals surface area contributed by atoms with Gasteiger partial charge in [-0.25, -0.2) is 0 Å². The van der Waals surface area contributed by atoms with Gasteiger partial charge >= 0.3 is 0 Å². The topological polar surface area (TPSA) is 21.3 Å². The molecule has 2 heteroatoms. The Morgan fingerprint density at radius 3 is 2.75 bits per heavy atom. The second kappa shape index (κ2) is 7.29. The third-order valence-electron chi connectivity index (χ3n) is 3.49. The Morgan fingerprint density at radius 1 is 1.31 bits per heavy atom. The summed E-state index contributed by atoms with van der Waals surface area (Å²) in [4.78, 5) is 0. The van der Waals surface area contributed by atoms with Gasteiger partial charge in [0.05, 0.1) is 6.61 Å². The van der Waals surface area contributed by atoms with Gasteiger partial charge in [0.25, 0.3) is 0 Å². The van der Waals surface area contributed by atoms with E-state index in [1.165, 1.54) is 38.5 Å². The lowest BCUT2D eigenvalue weighted by Gasteiger charge is -2.30. The molecule has 2 nitrogen and oxygen atoms in total. The molecule has 0 saturated carbocycles. The summed E-state index contributed by atoms with van der Waals surface area (Å²) >= 11 is 0. The number of hydrogen-bond donors (Lipinski definition) is 1. The highest BCUT2D eigenvalue weighted by Gasteiger charge is 2.20. The molecule has 0 aliphatic carbocycles. The molecule has 0 aromatic carbocycles. The van der Waals surface area contributed by atoms with Gasteiger partial charge in [0, 0.05) is 19.2 Å². The summed E-state index contributed by atoms with van der Waals surface area (Å²) in [5.74, 6) is 0. The average molecular weight is 227 g/mol. The van der Waals surface area contributed by atoms with Gasteiger partial charge in [0.15, 0.2) is 0 Å². The Bertz CT molecular complexity index is 174. The van der Waals surface area contributed by atoms with Crippen molar-refractivity contribution in [3.63, 3.8) is 0 Å². The molecule has 1 heterocycles. The maximum atomic E-state index is 5.48. The first kappa shape index (κ1) is 14.0. The largest absolute Gasteiger partial charge is 0.380 e. The summed E-state index contributed by atoms with van der Waals surface area (Å²) in [7, 11) is 0. The Morgan fingerprint density at radius 2 is 2.12 bits per heavy atom. The van der Waals surface area contributed by atoms with E-state index in [4.69, 9.17) is 4.74 Å². The summed E-state index contributed by atoms with van der Waals surface area (Å²) in [5.41, 5.74) is 0.437. The van der Waals surface area contributed by atoms with Gasteiger partial charge in [-0.05, 0) is 24.7 Å². The van der Waals surface area contributed by atoms with Gasteiger partial charge in [-0.3, -0.25) is 0 Å². The van der Waals surface area contributed by atoms with Crippen molar-refractivity contribution in [2.45, 2.75) is 65.3 Å². The third-order valence-corrected chi connectivity index (χ3v) is 3.49. The van der Waals surface area contributed by atoms with E-state index in [0.29, 0.717) is 11.5 Å². The SMILES string of the molecule is CCCCCC(C)(C)CNC1CCCOC1. The van der Waals surface area contributed by atoms with Crippen molar-refractivity contribution in [1.29, 1.82) is 0 Å². The van der Waals surface area contributed by atoms with Crippen LogP contribution in [0.1, 0.15) is 59.3 Å². The molecule has 1 aliphatic rings. The van der Waals surface area contributed by atoms with E-state index in [9.17, 15) is 0 Å². The molecule has 0 spiro atoms. The molecule has 1 unspecified atom stereocenters. The van der Waals surface area contributed by atoms with Crippen molar-refractivity contribution < 1.29 is 4.74 Å². The summed E-state index contributed by atoms with van der Waals surface area (Å²) in [5, 5.41) is 3.66. The van der Waals surface area contributed by atoms with Gasteiger partial charge in [0.1, 0.15) is 0 Å². The summed E-state index contributed by atoms with van der Waals surface area (Å²) < 4.78 is 5.48. The maximum absolute atomic E-state index is 5.48. The molecule has 1 rings (SSSR count). The van der Waals surface area contributed by atoms with E-state index in [0.717, 1.165) is 19.8 Å². The zero-order valence-corrected chi connectivity index (χ0v) is 11.3. The number of hydrogen-bond acceptors (Lipinski definition) is 2. The molecular weight excluding hydrogens is 198 g/mol. The number of nitrogens with one attached hydrogen (secondary N) is 1. The number of unbranched alkanes of at least 4 members (excludes halogenated alkanes) is 2. The second-order valence-corrected chi connectivity index (χ2v) is 5.92. The van der Waals surface area contributed by atoms with E-state index in [-0.39, 0.29) is 0 Å². The molecule has 0 amide bonds. The normalized spacial score (nSPS) is 22.3. The van der Waals surface area contributed by atoms with Crippen LogP contribution >= 0.6 is 0 Å². The molecule has 1 saturated heterocycles. The lowest BCUT2D eigenvalue weighted by Crippen LogP contribution is -2.41. The maximum Gasteiger partial charge on any atom is 0.0619 e. The van der Waals surface area contributed by atoms with Crippen LogP contribution in [-0.4, -0.2) is 25.8 Å². The van der Waals surface area contributed by atoms with E-state index >= 15 is 0 Å². The predicted octanol–water partition coefficient (Wildman–Crippen LogP) is 3.36. The monoisotopic (exact) mass is 227 g/mol. The molecule has 16 heavy (non-hydrogen) atoms. The summed E-state index contributed by atoms with van der Waals surface area (Å²) in [6.07, 6.45) is 7.89. The number of rotatable bonds is 7.